The minimum absolute atomic E-state index is 0.0230. The summed E-state index contributed by atoms with van der Waals surface area (Å²) in [6, 6.07) is -0.643. The smallest absolute Gasteiger partial charge is 0.305 e. The molecule has 6 heteroatoms. The second-order valence-corrected chi connectivity index (χ2v) is 16.8. The fourth-order valence-electron chi connectivity index (χ4n) is 7.33. The number of hydrogen-bond donors (Lipinski definition) is 3. The summed E-state index contributed by atoms with van der Waals surface area (Å²) in [5.41, 5.74) is 0. The normalized spacial score (nSPS) is 13.0. The van der Waals surface area contributed by atoms with E-state index in [2.05, 4.69) is 43.5 Å². The summed E-state index contributed by atoms with van der Waals surface area (Å²) in [6.45, 7) is 4.83. The van der Waals surface area contributed by atoms with Gasteiger partial charge >= 0.3 is 5.97 Å². The zero-order chi connectivity index (χ0) is 41.5. The van der Waals surface area contributed by atoms with Gasteiger partial charge in [0.05, 0.1) is 25.4 Å². The molecule has 0 saturated carbocycles. The zero-order valence-corrected chi connectivity index (χ0v) is 37.8. The summed E-state index contributed by atoms with van der Waals surface area (Å²) < 4.78 is 5.43. The quantitative estimate of drug-likeness (QED) is 0.0247. The van der Waals surface area contributed by atoms with Gasteiger partial charge in [-0.1, -0.05) is 211 Å². The number of allylic oxidation sites excluding steroid dienone is 5. The Kier molecular flexibility index (Phi) is 45.2. The first-order valence-corrected chi connectivity index (χ1v) is 24.8. The van der Waals surface area contributed by atoms with E-state index in [1.807, 2.05) is 6.08 Å². The van der Waals surface area contributed by atoms with Gasteiger partial charge < -0.3 is 20.3 Å². The summed E-state index contributed by atoms with van der Waals surface area (Å²) in [4.78, 5) is 24.4. The molecule has 6 nitrogen and oxygen atoms in total. The van der Waals surface area contributed by atoms with E-state index in [9.17, 15) is 19.8 Å². The lowest BCUT2D eigenvalue weighted by molar-refractivity contribution is -0.143. The fourth-order valence-corrected chi connectivity index (χ4v) is 7.33. The van der Waals surface area contributed by atoms with E-state index in [1.54, 1.807) is 6.08 Å². The maximum Gasteiger partial charge on any atom is 0.305 e. The van der Waals surface area contributed by atoms with Gasteiger partial charge in [0, 0.05) is 12.8 Å². The average molecular weight is 802 g/mol. The van der Waals surface area contributed by atoms with Crippen LogP contribution in [0.3, 0.4) is 0 Å². The van der Waals surface area contributed by atoms with Gasteiger partial charge in [0.1, 0.15) is 0 Å². The Labute approximate surface area is 353 Å². The summed E-state index contributed by atoms with van der Waals surface area (Å²) >= 11 is 0. The van der Waals surface area contributed by atoms with Crippen LogP contribution < -0.4 is 5.32 Å². The van der Waals surface area contributed by atoms with Crippen molar-refractivity contribution in [2.24, 2.45) is 0 Å². The molecule has 0 fully saturated rings. The molecule has 0 rings (SSSR count). The van der Waals surface area contributed by atoms with Crippen molar-refractivity contribution in [2.75, 3.05) is 13.2 Å². The molecule has 0 heterocycles. The van der Waals surface area contributed by atoms with Crippen molar-refractivity contribution in [1.29, 1.82) is 0 Å². The number of nitrogens with one attached hydrogen (secondary N) is 1. The summed E-state index contributed by atoms with van der Waals surface area (Å²) in [6.07, 6.45) is 55.7. The van der Waals surface area contributed by atoms with Gasteiger partial charge in [0.15, 0.2) is 0 Å². The lowest BCUT2D eigenvalue weighted by Gasteiger charge is -2.20. The Morgan fingerprint density at radius 1 is 0.491 bits per heavy atom. The molecular formula is C51H95NO5. The maximum absolute atomic E-state index is 12.4. The van der Waals surface area contributed by atoms with Gasteiger partial charge in [-0.05, 0) is 64.2 Å². The molecule has 0 aliphatic heterocycles. The van der Waals surface area contributed by atoms with Crippen molar-refractivity contribution in [3.05, 3.63) is 36.5 Å². The van der Waals surface area contributed by atoms with E-state index < -0.39 is 12.1 Å². The highest BCUT2D eigenvalue weighted by molar-refractivity contribution is 5.76. The van der Waals surface area contributed by atoms with Crippen LogP contribution in [-0.4, -0.2) is 47.4 Å². The first-order chi connectivity index (χ1) is 28.0. The predicted molar refractivity (Wildman–Crippen MR) is 246 cm³/mol. The topological polar surface area (TPSA) is 95.9 Å². The summed E-state index contributed by atoms with van der Waals surface area (Å²) in [5, 5.41) is 23.0. The van der Waals surface area contributed by atoms with Crippen LogP contribution in [0.5, 0.6) is 0 Å². The number of carbonyl (C=O) groups excluding carboxylic acids is 2. The molecule has 0 bridgehead atoms. The van der Waals surface area contributed by atoms with Crippen molar-refractivity contribution in [2.45, 2.75) is 264 Å². The molecule has 334 valence electrons. The number of ether oxygens (including phenoxy) is 1. The molecule has 3 N–H and O–H groups in total. The minimum Gasteiger partial charge on any atom is -0.466 e. The van der Waals surface area contributed by atoms with Crippen molar-refractivity contribution in [1.82, 2.24) is 5.32 Å². The van der Waals surface area contributed by atoms with Crippen molar-refractivity contribution < 1.29 is 24.5 Å². The van der Waals surface area contributed by atoms with Crippen LogP contribution >= 0.6 is 0 Å². The van der Waals surface area contributed by atoms with Crippen LogP contribution in [0.1, 0.15) is 251 Å². The Hall–Kier alpha value is -1.92. The van der Waals surface area contributed by atoms with Gasteiger partial charge in [-0.2, -0.15) is 0 Å². The number of esters is 1. The number of aliphatic hydroxyl groups is 2. The van der Waals surface area contributed by atoms with Crippen LogP contribution in [0.25, 0.3) is 0 Å². The molecule has 0 saturated heterocycles. The zero-order valence-electron chi connectivity index (χ0n) is 37.8. The van der Waals surface area contributed by atoms with E-state index in [-0.39, 0.29) is 18.5 Å². The largest absolute Gasteiger partial charge is 0.466 e. The molecule has 2 unspecified atom stereocenters. The third kappa shape index (κ3) is 43.5. The Morgan fingerprint density at radius 2 is 0.860 bits per heavy atom. The molecule has 57 heavy (non-hydrogen) atoms. The highest BCUT2D eigenvalue weighted by atomic mass is 16.5. The van der Waals surface area contributed by atoms with Crippen molar-refractivity contribution in [3.8, 4) is 0 Å². The second-order valence-electron chi connectivity index (χ2n) is 16.8. The average Bonchev–Trinajstić information content (AvgIpc) is 3.21. The Balaban J connectivity index is 3.57. The first kappa shape index (κ1) is 55.1. The molecule has 0 aliphatic rings. The van der Waals surface area contributed by atoms with Gasteiger partial charge in [-0.25, -0.2) is 0 Å². The van der Waals surface area contributed by atoms with E-state index >= 15 is 0 Å². The third-order valence-corrected chi connectivity index (χ3v) is 11.2. The van der Waals surface area contributed by atoms with Crippen LogP contribution in [0, 0.1) is 0 Å². The molecule has 0 spiro atoms. The summed E-state index contributed by atoms with van der Waals surface area (Å²) in [5.74, 6) is -0.115. The molecule has 0 aromatic rings. The standard InChI is InChI=1S/C51H95NO5/c1-3-5-7-9-11-13-15-20-23-27-31-35-39-43-49(54)48(47-53)52-50(55)44-40-36-32-28-24-21-18-17-19-22-26-30-34-38-42-46-57-51(56)45-41-37-33-29-25-16-14-12-10-8-6-4-2/h17,19,22,26,39,43,48-49,53-54H,3-16,18,20-21,23-25,27-38,40-42,44-47H2,1-2H3,(H,52,55)/b19-17-,26-22-,43-39+. The molecule has 0 radical (unpaired) electrons. The molecule has 0 aromatic heterocycles. The van der Waals surface area contributed by atoms with E-state index in [0.717, 1.165) is 77.0 Å². The second kappa shape index (κ2) is 46.8. The fraction of sp³-hybridized carbons (Fsp3) is 0.843. The predicted octanol–water partition coefficient (Wildman–Crippen LogP) is 14.5. The van der Waals surface area contributed by atoms with E-state index in [0.29, 0.717) is 19.4 Å². The number of carbonyl (C=O) groups is 2. The van der Waals surface area contributed by atoms with E-state index in [1.165, 1.54) is 148 Å². The number of amides is 1. The molecule has 0 aliphatic carbocycles. The number of unbranched alkanes of at least 4 members (excludes halogenated alkanes) is 31. The monoisotopic (exact) mass is 802 g/mol. The lowest BCUT2D eigenvalue weighted by Crippen LogP contribution is -2.45. The first-order valence-electron chi connectivity index (χ1n) is 24.8. The Bertz CT molecular complexity index is 931. The SMILES string of the molecule is CCCCCCCCCCCCC/C=C/C(O)C(CO)NC(=O)CCCCCCCC/C=C\C=C/CCCCCOC(=O)CCCCCCCCCCCCCC. The van der Waals surface area contributed by atoms with Gasteiger partial charge in [0.25, 0.3) is 0 Å². The molecular weight excluding hydrogens is 707 g/mol. The van der Waals surface area contributed by atoms with E-state index in [4.69, 9.17) is 4.74 Å². The van der Waals surface area contributed by atoms with Gasteiger partial charge in [-0.3, -0.25) is 9.59 Å². The number of hydrogen-bond acceptors (Lipinski definition) is 5. The molecule has 0 aromatic carbocycles. The number of aliphatic hydroxyl groups excluding tert-OH is 2. The molecule has 2 atom stereocenters. The highest BCUT2D eigenvalue weighted by Gasteiger charge is 2.18. The van der Waals surface area contributed by atoms with Crippen LogP contribution in [0.4, 0.5) is 0 Å². The van der Waals surface area contributed by atoms with Crippen molar-refractivity contribution >= 4 is 11.9 Å². The third-order valence-electron chi connectivity index (χ3n) is 11.2. The van der Waals surface area contributed by atoms with Crippen LogP contribution in [0.2, 0.25) is 0 Å². The minimum atomic E-state index is -0.857. The lowest BCUT2D eigenvalue weighted by atomic mass is 10.0. The number of rotatable bonds is 45. The Morgan fingerprint density at radius 3 is 1.30 bits per heavy atom. The highest BCUT2D eigenvalue weighted by Crippen LogP contribution is 2.15. The van der Waals surface area contributed by atoms with Gasteiger partial charge in [0.2, 0.25) is 5.91 Å². The van der Waals surface area contributed by atoms with Crippen LogP contribution in [0.15, 0.2) is 36.5 Å². The maximum atomic E-state index is 12.4. The van der Waals surface area contributed by atoms with Crippen molar-refractivity contribution in [3.63, 3.8) is 0 Å². The van der Waals surface area contributed by atoms with Crippen LogP contribution in [-0.2, 0) is 14.3 Å². The summed E-state index contributed by atoms with van der Waals surface area (Å²) in [7, 11) is 0. The molecule has 1 amide bonds. The van der Waals surface area contributed by atoms with Gasteiger partial charge in [-0.15, -0.1) is 0 Å².